The van der Waals surface area contributed by atoms with E-state index >= 15 is 0 Å². The smallest absolute Gasteiger partial charge is 0.264 e. The molecule has 16 heteroatoms. The zero-order valence-corrected chi connectivity index (χ0v) is 28.9. The highest BCUT2D eigenvalue weighted by molar-refractivity contribution is 8.78. The van der Waals surface area contributed by atoms with E-state index in [4.69, 9.17) is 0 Å². The van der Waals surface area contributed by atoms with Gasteiger partial charge in [-0.25, -0.2) is 0 Å². The highest BCUT2D eigenvalue weighted by Crippen LogP contribution is 2.78. The van der Waals surface area contributed by atoms with Crippen LogP contribution in [0.2, 0.25) is 0 Å². The summed E-state index contributed by atoms with van der Waals surface area (Å²) in [6.45, 7) is 3.58. The van der Waals surface area contributed by atoms with Gasteiger partial charge in [0, 0.05) is 25.5 Å². The highest BCUT2D eigenvalue weighted by Gasteiger charge is 2.93. The summed E-state index contributed by atoms with van der Waals surface area (Å²) in [4.78, 5) is 58.8. The Bertz CT molecular complexity index is 1920. The third-order valence-corrected chi connectivity index (χ3v) is 19.9. The van der Waals surface area contributed by atoms with Gasteiger partial charge < -0.3 is 30.6 Å². The second-order valence-electron chi connectivity index (χ2n) is 13.7. The van der Waals surface area contributed by atoms with Gasteiger partial charge in [-0.05, 0) is 58.2 Å². The van der Waals surface area contributed by atoms with Gasteiger partial charge in [-0.3, -0.25) is 29.0 Å². The maximum atomic E-state index is 14.9. The van der Waals surface area contributed by atoms with E-state index in [-0.39, 0.29) is 11.8 Å². The highest BCUT2D eigenvalue weighted by atomic mass is 33.1. The summed E-state index contributed by atoms with van der Waals surface area (Å²) in [5.41, 5.74) is -0.761. The van der Waals surface area contributed by atoms with Crippen LogP contribution in [0.3, 0.4) is 0 Å². The SMILES string of the molecule is CC[C@@]12SS[C@]3(C(=O)N1C)[C@@H](O)[C@]1([C@@]45c6ccccc6N[C@@H]4N4C(=O)C6(C)SS[C@@]4(C(=O)N6C)[C@H]5O)c4ccccc4N[C@@H]1N3C2=O. The Labute approximate surface area is 285 Å². The molecule has 0 aliphatic carbocycles. The van der Waals surface area contributed by atoms with E-state index in [0.29, 0.717) is 28.9 Å². The van der Waals surface area contributed by atoms with Crippen molar-refractivity contribution in [2.45, 2.75) is 75.1 Å². The number of piperazine rings is 2. The lowest BCUT2D eigenvalue weighted by molar-refractivity contribution is -0.167. The van der Waals surface area contributed by atoms with Crippen LogP contribution >= 0.6 is 43.2 Å². The fourth-order valence-electron chi connectivity index (χ4n) is 10.2. The number of aliphatic hydroxyl groups excluding tert-OH is 2. The quantitative estimate of drug-likeness (QED) is 0.337. The summed E-state index contributed by atoms with van der Waals surface area (Å²) >= 11 is 0. The summed E-state index contributed by atoms with van der Waals surface area (Å²) in [5, 5.41) is 33.8. The fourth-order valence-corrected chi connectivity index (χ4v) is 17.6. The minimum absolute atomic E-state index is 0.307. The molecule has 12 rings (SSSR count). The van der Waals surface area contributed by atoms with Crippen LogP contribution in [0, 0.1) is 0 Å². The number of carbonyl (C=O) groups excluding carboxylic acids is 4. The van der Waals surface area contributed by atoms with E-state index in [9.17, 15) is 29.4 Å². The molecule has 10 atom stereocenters. The van der Waals surface area contributed by atoms with Gasteiger partial charge in [-0.2, -0.15) is 0 Å². The molecule has 4 N–H and O–H groups in total. The van der Waals surface area contributed by atoms with E-state index in [1.165, 1.54) is 62.8 Å². The largest absolute Gasteiger partial charge is 0.388 e. The van der Waals surface area contributed by atoms with Gasteiger partial charge in [-0.15, -0.1) is 0 Å². The number of aliphatic hydroxyl groups is 2. The molecule has 2 aromatic carbocycles. The maximum absolute atomic E-state index is 14.9. The van der Waals surface area contributed by atoms with Crippen molar-refractivity contribution in [2.75, 3.05) is 24.7 Å². The second kappa shape index (κ2) is 8.33. The molecule has 4 amide bonds. The number of amides is 4. The Morgan fingerprint density at radius 1 is 0.681 bits per heavy atom. The van der Waals surface area contributed by atoms with Gasteiger partial charge in [0.05, 0.1) is 10.8 Å². The van der Waals surface area contributed by atoms with E-state index in [2.05, 4.69) is 10.6 Å². The van der Waals surface area contributed by atoms with Crippen LogP contribution in [0.4, 0.5) is 11.4 Å². The number of nitrogens with zero attached hydrogens (tertiary/aromatic N) is 4. The lowest BCUT2D eigenvalue weighted by Gasteiger charge is -2.58. The first kappa shape index (κ1) is 29.2. The predicted molar refractivity (Wildman–Crippen MR) is 180 cm³/mol. The average molecular weight is 711 g/mol. The van der Waals surface area contributed by atoms with Gasteiger partial charge in [0.1, 0.15) is 24.5 Å². The van der Waals surface area contributed by atoms with Crippen LogP contribution in [-0.2, 0) is 30.0 Å². The average Bonchev–Trinajstić information content (AvgIpc) is 3.72. The third kappa shape index (κ3) is 2.45. The first-order valence-corrected chi connectivity index (χ1v) is 19.8. The molecule has 12 nitrogen and oxygen atoms in total. The lowest BCUT2D eigenvalue weighted by Crippen LogP contribution is -2.78. The molecule has 2 spiro atoms. The number of nitrogens with one attached hydrogen (secondary N) is 2. The molecule has 4 bridgehead atoms. The summed E-state index contributed by atoms with van der Waals surface area (Å²) in [7, 11) is 8.09. The normalized spacial score (nSPS) is 46.3. The van der Waals surface area contributed by atoms with Crippen LogP contribution in [-0.4, -0.2) is 112 Å². The van der Waals surface area contributed by atoms with Crippen molar-refractivity contribution in [3.63, 3.8) is 0 Å². The van der Waals surface area contributed by atoms with Crippen LogP contribution in [0.5, 0.6) is 0 Å². The molecule has 1 unspecified atom stereocenters. The molecule has 8 saturated heterocycles. The van der Waals surface area contributed by atoms with Crippen molar-refractivity contribution in [1.29, 1.82) is 0 Å². The number of hydrogen-bond donors (Lipinski definition) is 4. The van der Waals surface area contributed by atoms with Crippen molar-refractivity contribution in [3.05, 3.63) is 59.7 Å². The van der Waals surface area contributed by atoms with Crippen molar-refractivity contribution >= 4 is 78.2 Å². The number of fused-ring (bicyclic) bond motifs is 11. The maximum Gasteiger partial charge on any atom is 0.264 e. The molecule has 244 valence electrons. The monoisotopic (exact) mass is 710 g/mol. The molecular weight excluding hydrogens is 681 g/mol. The molecule has 0 radical (unpaired) electrons. The summed E-state index contributed by atoms with van der Waals surface area (Å²) in [6, 6.07) is 14.8. The number of likely N-dealkylation sites (N-methyl/N-ethyl adjacent to an activating group) is 2. The van der Waals surface area contributed by atoms with Gasteiger partial charge in [0.2, 0.25) is 9.74 Å². The first-order valence-electron chi connectivity index (χ1n) is 15.5. The van der Waals surface area contributed by atoms with Gasteiger partial charge in [0.25, 0.3) is 23.6 Å². The Kier molecular flexibility index (Phi) is 5.17. The van der Waals surface area contributed by atoms with Crippen LogP contribution < -0.4 is 10.6 Å². The van der Waals surface area contributed by atoms with E-state index in [1.54, 1.807) is 21.0 Å². The van der Waals surface area contributed by atoms with Gasteiger partial charge in [0.15, 0.2) is 9.74 Å². The molecule has 47 heavy (non-hydrogen) atoms. The van der Waals surface area contributed by atoms with E-state index in [0.717, 1.165) is 0 Å². The van der Waals surface area contributed by atoms with E-state index < -0.39 is 66.7 Å². The second-order valence-corrected chi connectivity index (χ2v) is 19.0. The minimum atomic E-state index is -1.76. The Hall–Kier alpha value is -2.76. The number of carbonyl (C=O) groups is 4. The van der Waals surface area contributed by atoms with Crippen LogP contribution in [0.15, 0.2) is 48.5 Å². The molecule has 8 fully saturated rings. The predicted octanol–water partition coefficient (Wildman–Crippen LogP) is 1.72. The molecule has 10 aliphatic heterocycles. The Balaban J connectivity index is 1.35. The molecule has 2 aromatic rings. The Morgan fingerprint density at radius 3 is 1.68 bits per heavy atom. The summed E-state index contributed by atoms with van der Waals surface area (Å²) < 4.78 is 0. The molecule has 0 aromatic heterocycles. The zero-order valence-electron chi connectivity index (χ0n) is 25.6. The molecule has 10 aliphatic rings. The van der Waals surface area contributed by atoms with Crippen molar-refractivity contribution < 1.29 is 29.4 Å². The van der Waals surface area contributed by atoms with Crippen LogP contribution in [0.25, 0.3) is 0 Å². The lowest BCUT2D eigenvalue weighted by atomic mass is 9.52. The number of anilines is 2. The minimum Gasteiger partial charge on any atom is -0.388 e. The zero-order chi connectivity index (χ0) is 32.8. The van der Waals surface area contributed by atoms with Crippen molar-refractivity contribution in [2.24, 2.45) is 0 Å². The number of para-hydroxylation sites is 2. The third-order valence-electron chi connectivity index (χ3n) is 12.4. The fraction of sp³-hybridized carbons (Fsp3) is 0.484. The molecule has 10 heterocycles. The van der Waals surface area contributed by atoms with Gasteiger partial charge >= 0.3 is 0 Å². The topological polar surface area (TPSA) is 146 Å². The Morgan fingerprint density at radius 2 is 1.15 bits per heavy atom. The van der Waals surface area contributed by atoms with Crippen molar-refractivity contribution in [1.82, 2.24) is 19.6 Å². The summed E-state index contributed by atoms with van der Waals surface area (Å²) in [6.07, 6.45) is -4.86. The summed E-state index contributed by atoms with van der Waals surface area (Å²) in [5.74, 6) is -1.46. The van der Waals surface area contributed by atoms with Crippen molar-refractivity contribution in [3.8, 4) is 0 Å². The number of rotatable bonds is 2. The van der Waals surface area contributed by atoms with Gasteiger partial charge in [-0.1, -0.05) is 64.9 Å². The molecule has 0 saturated carbocycles. The molecular formula is C31H30N6O6S4. The number of hydrogen-bond acceptors (Lipinski definition) is 12. The first-order chi connectivity index (χ1) is 22.4. The standard InChI is InChI=1S/C31H30N6O6S4/c1-5-27-23(41)37-21-29(15-11-7-9-13-17(15)33-21,19(39)31(37,47-45-27)25(43)35(27)4)28-14-10-6-8-12-16(14)32-20(28)36-22(40)26(2)34(3)24(42)30(36,18(28)38)46-44-26/h6-13,18-21,32-33,38-39H,5H2,1-4H3/t18-,19-,20+,21+,26?,27-,28+,29+,30+,31-/m0/s1. The number of benzene rings is 2. The van der Waals surface area contributed by atoms with E-state index in [1.807, 2.05) is 55.5 Å². The van der Waals surface area contributed by atoms with Crippen LogP contribution in [0.1, 0.15) is 31.4 Å².